The van der Waals surface area contributed by atoms with E-state index in [1.807, 2.05) is 0 Å². The molecule has 0 unspecified atom stereocenters. The fourth-order valence-corrected chi connectivity index (χ4v) is 2.42. The minimum Gasteiger partial charge on any atom is -0.391 e. The first kappa shape index (κ1) is 12.7. The highest BCUT2D eigenvalue weighted by Crippen LogP contribution is 2.24. The lowest BCUT2D eigenvalue weighted by atomic mass is 10.0. The highest BCUT2D eigenvalue weighted by molar-refractivity contribution is 5.75. The van der Waals surface area contributed by atoms with Crippen molar-refractivity contribution in [2.24, 2.45) is 0 Å². The Hall–Kier alpha value is -0.410. The molecule has 88 valence electrons. The summed E-state index contributed by atoms with van der Waals surface area (Å²) in [5.41, 5.74) is 0. The lowest BCUT2D eigenvalue weighted by molar-refractivity contribution is -0.117. The number of likely N-dealkylation sites (tertiary alicyclic amines) is 1. The molecule has 0 radical (unpaired) electrons. The molecule has 0 bridgehead atoms. The Labute approximate surface area is 92.5 Å². The van der Waals surface area contributed by atoms with E-state index in [1.54, 1.807) is 6.92 Å². The van der Waals surface area contributed by atoms with Crippen LogP contribution in [-0.2, 0) is 4.79 Å². The number of carbonyl (C=O) groups excluding carboxylic acids is 1. The third-order valence-corrected chi connectivity index (χ3v) is 3.25. The first-order valence-electron chi connectivity index (χ1n) is 5.95. The zero-order chi connectivity index (χ0) is 11.4. The SMILES string of the molecule is CC(=O)CCC[C@@H]1[C@@H](O)CCN1C(C)C. The predicted molar refractivity (Wildman–Crippen MR) is 60.8 cm³/mol. The highest BCUT2D eigenvalue weighted by atomic mass is 16.3. The Morgan fingerprint density at radius 3 is 2.73 bits per heavy atom. The predicted octanol–water partition coefficient (Wildman–Crippen LogP) is 1.59. The molecular formula is C12H23NO2. The van der Waals surface area contributed by atoms with Crippen LogP contribution in [0.4, 0.5) is 0 Å². The minimum atomic E-state index is -0.195. The minimum absolute atomic E-state index is 0.195. The van der Waals surface area contributed by atoms with E-state index in [2.05, 4.69) is 18.7 Å². The maximum Gasteiger partial charge on any atom is 0.129 e. The van der Waals surface area contributed by atoms with Gasteiger partial charge in [0.1, 0.15) is 5.78 Å². The van der Waals surface area contributed by atoms with Crippen LogP contribution in [0, 0.1) is 0 Å². The van der Waals surface area contributed by atoms with E-state index in [1.165, 1.54) is 0 Å². The monoisotopic (exact) mass is 213 g/mol. The zero-order valence-electron chi connectivity index (χ0n) is 10.1. The molecule has 1 fully saturated rings. The summed E-state index contributed by atoms with van der Waals surface area (Å²) in [6.07, 6.45) is 3.18. The van der Waals surface area contributed by atoms with Crippen molar-refractivity contribution >= 4 is 5.78 Å². The molecule has 1 rings (SSSR count). The molecule has 1 N–H and O–H groups in total. The van der Waals surface area contributed by atoms with Gasteiger partial charge in [0.05, 0.1) is 6.10 Å². The summed E-state index contributed by atoms with van der Waals surface area (Å²) in [6.45, 7) is 6.95. The van der Waals surface area contributed by atoms with Gasteiger partial charge < -0.3 is 9.90 Å². The van der Waals surface area contributed by atoms with E-state index in [4.69, 9.17) is 0 Å². The van der Waals surface area contributed by atoms with Crippen molar-refractivity contribution in [2.75, 3.05) is 6.54 Å². The fraction of sp³-hybridized carbons (Fsp3) is 0.917. The molecular weight excluding hydrogens is 190 g/mol. The van der Waals surface area contributed by atoms with Gasteiger partial charge in [0.25, 0.3) is 0 Å². The number of Topliss-reactive ketones (excluding diaryl/α,β-unsaturated/α-hetero) is 1. The van der Waals surface area contributed by atoms with Crippen molar-refractivity contribution in [3.8, 4) is 0 Å². The van der Waals surface area contributed by atoms with Crippen molar-refractivity contribution in [1.82, 2.24) is 4.90 Å². The van der Waals surface area contributed by atoms with Gasteiger partial charge in [-0.25, -0.2) is 0 Å². The third-order valence-electron chi connectivity index (χ3n) is 3.25. The van der Waals surface area contributed by atoms with Crippen LogP contribution in [0.3, 0.4) is 0 Å². The molecule has 3 nitrogen and oxygen atoms in total. The van der Waals surface area contributed by atoms with Gasteiger partial charge in [-0.15, -0.1) is 0 Å². The Bertz CT molecular complexity index is 216. The van der Waals surface area contributed by atoms with E-state index < -0.39 is 0 Å². The van der Waals surface area contributed by atoms with E-state index in [-0.39, 0.29) is 17.9 Å². The van der Waals surface area contributed by atoms with Gasteiger partial charge in [0.2, 0.25) is 0 Å². The fourth-order valence-electron chi connectivity index (χ4n) is 2.42. The van der Waals surface area contributed by atoms with Gasteiger partial charge in [-0.1, -0.05) is 0 Å². The van der Waals surface area contributed by atoms with Crippen LogP contribution < -0.4 is 0 Å². The quantitative estimate of drug-likeness (QED) is 0.754. The maximum absolute atomic E-state index is 10.8. The third kappa shape index (κ3) is 3.58. The van der Waals surface area contributed by atoms with Gasteiger partial charge in [0, 0.05) is 25.0 Å². The second-order valence-electron chi connectivity index (χ2n) is 4.85. The average Bonchev–Trinajstić information content (AvgIpc) is 2.47. The molecule has 0 amide bonds. The highest BCUT2D eigenvalue weighted by Gasteiger charge is 2.33. The lowest BCUT2D eigenvalue weighted by Crippen LogP contribution is -2.39. The summed E-state index contributed by atoms with van der Waals surface area (Å²) < 4.78 is 0. The second-order valence-corrected chi connectivity index (χ2v) is 4.85. The lowest BCUT2D eigenvalue weighted by Gasteiger charge is -2.29. The van der Waals surface area contributed by atoms with Crippen molar-refractivity contribution in [2.45, 2.75) is 64.6 Å². The Morgan fingerprint density at radius 2 is 2.20 bits per heavy atom. The van der Waals surface area contributed by atoms with Crippen LogP contribution >= 0.6 is 0 Å². The average molecular weight is 213 g/mol. The van der Waals surface area contributed by atoms with E-state index in [0.29, 0.717) is 12.5 Å². The van der Waals surface area contributed by atoms with Crippen LogP contribution in [0.1, 0.15) is 46.5 Å². The molecule has 1 saturated heterocycles. The number of ketones is 1. The molecule has 1 aliphatic rings. The number of carbonyl (C=O) groups is 1. The molecule has 0 aromatic carbocycles. The Morgan fingerprint density at radius 1 is 1.53 bits per heavy atom. The van der Waals surface area contributed by atoms with Gasteiger partial charge >= 0.3 is 0 Å². The number of rotatable bonds is 5. The molecule has 3 heteroatoms. The Kier molecular flexibility index (Phi) is 4.74. The number of aliphatic hydroxyl groups is 1. The topological polar surface area (TPSA) is 40.5 Å². The second kappa shape index (κ2) is 5.61. The molecule has 1 aliphatic heterocycles. The number of nitrogens with zero attached hydrogens (tertiary/aromatic N) is 1. The molecule has 0 saturated carbocycles. The molecule has 0 spiro atoms. The first-order valence-corrected chi connectivity index (χ1v) is 5.95. The molecule has 0 aliphatic carbocycles. The van der Waals surface area contributed by atoms with Crippen molar-refractivity contribution in [3.05, 3.63) is 0 Å². The summed E-state index contributed by atoms with van der Waals surface area (Å²) in [5.74, 6) is 0.249. The zero-order valence-corrected chi connectivity index (χ0v) is 10.1. The van der Waals surface area contributed by atoms with Crippen LogP contribution in [0.25, 0.3) is 0 Å². The smallest absolute Gasteiger partial charge is 0.129 e. The van der Waals surface area contributed by atoms with E-state index in [0.717, 1.165) is 25.8 Å². The molecule has 0 aromatic heterocycles. The summed E-state index contributed by atoms with van der Waals surface area (Å²) in [7, 11) is 0. The standard InChI is InChI=1S/C12H23NO2/c1-9(2)13-8-7-12(15)11(13)6-4-5-10(3)14/h9,11-12,15H,4-8H2,1-3H3/t11-,12+/m1/s1. The van der Waals surface area contributed by atoms with Crippen LogP contribution in [0.15, 0.2) is 0 Å². The van der Waals surface area contributed by atoms with E-state index >= 15 is 0 Å². The molecule has 1 heterocycles. The van der Waals surface area contributed by atoms with Crippen LogP contribution in [-0.4, -0.2) is 40.5 Å². The summed E-state index contributed by atoms with van der Waals surface area (Å²) in [5, 5.41) is 9.85. The molecule has 2 atom stereocenters. The number of hydrogen-bond donors (Lipinski definition) is 1. The maximum atomic E-state index is 10.8. The summed E-state index contributed by atoms with van der Waals surface area (Å²) in [4.78, 5) is 13.2. The van der Waals surface area contributed by atoms with Crippen LogP contribution in [0.5, 0.6) is 0 Å². The Balaban J connectivity index is 2.39. The number of aliphatic hydroxyl groups excluding tert-OH is 1. The number of hydrogen-bond acceptors (Lipinski definition) is 3. The van der Waals surface area contributed by atoms with Crippen LogP contribution in [0.2, 0.25) is 0 Å². The van der Waals surface area contributed by atoms with Crippen molar-refractivity contribution in [3.63, 3.8) is 0 Å². The molecule has 15 heavy (non-hydrogen) atoms. The van der Waals surface area contributed by atoms with E-state index in [9.17, 15) is 9.90 Å². The normalized spacial score (nSPS) is 27.5. The largest absolute Gasteiger partial charge is 0.391 e. The van der Waals surface area contributed by atoms with Gasteiger partial charge in [0.15, 0.2) is 0 Å². The summed E-state index contributed by atoms with van der Waals surface area (Å²) in [6, 6.07) is 0.758. The molecule has 0 aromatic rings. The first-order chi connectivity index (χ1) is 7.02. The van der Waals surface area contributed by atoms with Crippen molar-refractivity contribution < 1.29 is 9.90 Å². The van der Waals surface area contributed by atoms with Gasteiger partial charge in [-0.05, 0) is 40.0 Å². The van der Waals surface area contributed by atoms with Gasteiger partial charge in [-0.2, -0.15) is 0 Å². The summed E-state index contributed by atoms with van der Waals surface area (Å²) >= 11 is 0. The van der Waals surface area contributed by atoms with Crippen molar-refractivity contribution in [1.29, 1.82) is 0 Å². The van der Waals surface area contributed by atoms with Gasteiger partial charge in [-0.3, -0.25) is 4.90 Å².